The van der Waals surface area contributed by atoms with Crippen molar-refractivity contribution in [2.45, 2.75) is 26.2 Å². The number of hydrogen-bond donors (Lipinski definition) is 1. The Hall–Kier alpha value is -1.39. The summed E-state index contributed by atoms with van der Waals surface area (Å²) in [4.78, 5) is 11.4. The molecule has 5 heteroatoms. The number of hydrogen-bond acceptors (Lipinski definition) is 4. The third-order valence-corrected chi connectivity index (χ3v) is 2.37. The number of aryl methyl sites for hydroxylation is 1. The van der Waals surface area contributed by atoms with Crippen LogP contribution in [0.5, 0.6) is 0 Å². The molecule has 5 nitrogen and oxygen atoms in total. The van der Waals surface area contributed by atoms with Gasteiger partial charge in [0.1, 0.15) is 5.69 Å². The first kappa shape index (κ1) is 8.22. The number of nitrogens with zero attached hydrogens (tertiary/aromatic N) is 2. The highest BCUT2D eigenvalue weighted by Crippen LogP contribution is 2.27. The highest BCUT2D eigenvalue weighted by Gasteiger charge is 2.26. The van der Waals surface area contributed by atoms with Gasteiger partial charge in [-0.05, 0) is 24.9 Å². The standard InChI is InChI=1S/C8H11N3O2/c1-5-7(11-13-10-5)9-8(12)6-3-2-4-6/h6H,2-4H2,1H3,(H,9,11,12). The van der Waals surface area contributed by atoms with Gasteiger partial charge in [0.2, 0.25) is 5.91 Å². The second-order valence-corrected chi connectivity index (χ2v) is 3.32. The van der Waals surface area contributed by atoms with Crippen LogP contribution in [-0.2, 0) is 4.79 Å². The van der Waals surface area contributed by atoms with E-state index in [2.05, 4.69) is 20.3 Å². The van der Waals surface area contributed by atoms with Crippen molar-refractivity contribution in [1.29, 1.82) is 0 Å². The largest absolute Gasteiger partial charge is 0.306 e. The van der Waals surface area contributed by atoms with E-state index in [1.807, 2.05) is 0 Å². The molecule has 13 heavy (non-hydrogen) atoms. The monoisotopic (exact) mass is 181 g/mol. The van der Waals surface area contributed by atoms with E-state index in [1.54, 1.807) is 6.92 Å². The number of aromatic nitrogens is 2. The number of carbonyl (C=O) groups excluding carboxylic acids is 1. The second-order valence-electron chi connectivity index (χ2n) is 3.32. The lowest BCUT2D eigenvalue weighted by Gasteiger charge is -2.23. The fourth-order valence-electron chi connectivity index (χ4n) is 1.23. The van der Waals surface area contributed by atoms with Gasteiger partial charge in [-0.15, -0.1) is 0 Å². The molecule has 1 fully saturated rings. The normalized spacial score (nSPS) is 16.7. The van der Waals surface area contributed by atoms with Crippen LogP contribution in [-0.4, -0.2) is 16.2 Å². The third kappa shape index (κ3) is 1.54. The van der Waals surface area contributed by atoms with Crippen LogP contribution < -0.4 is 5.32 Å². The maximum atomic E-state index is 11.4. The Kier molecular flexibility index (Phi) is 2.00. The van der Waals surface area contributed by atoms with Gasteiger partial charge in [-0.1, -0.05) is 11.6 Å². The molecule has 0 bridgehead atoms. The Balaban J connectivity index is 1.97. The molecule has 1 saturated carbocycles. The van der Waals surface area contributed by atoms with E-state index in [9.17, 15) is 4.79 Å². The van der Waals surface area contributed by atoms with Crippen molar-refractivity contribution in [2.75, 3.05) is 5.32 Å². The van der Waals surface area contributed by atoms with Crippen LogP contribution in [0, 0.1) is 12.8 Å². The summed E-state index contributed by atoms with van der Waals surface area (Å²) in [6, 6.07) is 0. The van der Waals surface area contributed by atoms with Crippen LogP contribution in [0.3, 0.4) is 0 Å². The predicted octanol–water partition coefficient (Wildman–Crippen LogP) is 1.12. The van der Waals surface area contributed by atoms with E-state index < -0.39 is 0 Å². The fraction of sp³-hybridized carbons (Fsp3) is 0.625. The Morgan fingerprint density at radius 3 is 2.77 bits per heavy atom. The maximum absolute atomic E-state index is 11.4. The summed E-state index contributed by atoms with van der Waals surface area (Å²) in [6.07, 6.45) is 3.11. The van der Waals surface area contributed by atoms with Crippen LogP contribution in [0.1, 0.15) is 25.0 Å². The van der Waals surface area contributed by atoms with Crippen molar-refractivity contribution in [3.8, 4) is 0 Å². The first-order valence-corrected chi connectivity index (χ1v) is 4.37. The Morgan fingerprint density at radius 1 is 1.54 bits per heavy atom. The molecule has 70 valence electrons. The number of nitrogens with one attached hydrogen (secondary N) is 1. The first-order valence-electron chi connectivity index (χ1n) is 4.37. The van der Waals surface area contributed by atoms with Gasteiger partial charge in [-0.3, -0.25) is 4.79 Å². The lowest BCUT2D eigenvalue weighted by Crippen LogP contribution is -2.28. The smallest absolute Gasteiger partial charge is 0.228 e. The topological polar surface area (TPSA) is 68.0 Å². The molecule has 1 aliphatic rings. The lowest BCUT2D eigenvalue weighted by atomic mass is 9.85. The maximum Gasteiger partial charge on any atom is 0.228 e. The van der Waals surface area contributed by atoms with Crippen LogP contribution in [0.4, 0.5) is 5.82 Å². The summed E-state index contributed by atoms with van der Waals surface area (Å²) in [7, 11) is 0. The summed E-state index contributed by atoms with van der Waals surface area (Å²) in [5.74, 6) is 0.637. The molecule has 0 atom stereocenters. The average molecular weight is 181 g/mol. The van der Waals surface area contributed by atoms with Crippen molar-refractivity contribution >= 4 is 11.7 Å². The van der Waals surface area contributed by atoms with Crippen LogP contribution in [0.2, 0.25) is 0 Å². The van der Waals surface area contributed by atoms with E-state index in [4.69, 9.17) is 0 Å². The highest BCUT2D eigenvalue weighted by molar-refractivity contribution is 5.92. The molecule has 1 aromatic rings. The molecule has 0 radical (unpaired) electrons. The van der Waals surface area contributed by atoms with E-state index in [1.165, 1.54) is 0 Å². The zero-order valence-electron chi connectivity index (χ0n) is 7.41. The SMILES string of the molecule is Cc1nonc1NC(=O)C1CCC1. The van der Waals surface area contributed by atoms with Gasteiger partial charge in [-0.2, -0.15) is 0 Å². The average Bonchev–Trinajstić information content (AvgIpc) is 2.32. The quantitative estimate of drug-likeness (QED) is 0.742. The number of anilines is 1. The number of rotatable bonds is 2. The predicted molar refractivity (Wildman–Crippen MR) is 45.0 cm³/mol. The van der Waals surface area contributed by atoms with Gasteiger partial charge in [0.15, 0.2) is 5.82 Å². The summed E-state index contributed by atoms with van der Waals surface area (Å²) in [5.41, 5.74) is 0.618. The van der Waals surface area contributed by atoms with Gasteiger partial charge in [0, 0.05) is 5.92 Å². The van der Waals surface area contributed by atoms with Gasteiger partial charge in [0.05, 0.1) is 0 Å². The molecule has 1 amide bonds. The molecule has 0 spiro atoms. The van der Waals surface area contributed by atoms with E-state index in [-0.39, 0.29) is 11.8 Å². The Bertz CT molecular complexity index is 317. The summed E-state index contributed by atoms with van der Waals surface area (Å²) in [6.45, 7) is 1.74. The minimum Gasteiger partial charge on any atom is -0.306 e. The fourth-order valence-corrected chi connectivity index (χ4v) is 1.23. The van der Waals surface area contributed by atoms with Crippen LogP contribution >= 0.6 is 0 Å². The van der Waals surface area contributed by atoms with Crippen LogP contribution in [0.15, 0.2) is 4.63 Å². The molecule has 0 aliphatic heterocycles. The Labute approximate surface area is 75.5 Å². The molecule has 0 aromatic carbocycles. The van der Waals surface area contributed by atoms with Gasteiger partial charge in [-0.25, -0.2) is 4.63 Å². The molecule has 1 aliphatic carbocycles. The van der Waals surface area contributed by atoms with Gasteiger partial charge >= 0.3 is 0 Å². The van der Waals surface area contributed by atoms with Crippen molar-refractivity contribution in [2.24, 2.45) is 5.92 Å². The molecule has 1 aromatic heterocycles. The molecule has 2 rings (SSSR count). The molecule has 1 N–H and O–H groups in total. The molecular formula is C8H11N3O2. The summed E-state index contributed by atoms with van der Waals surface area (Å²) >= 11 is 0. The minimum absolute atomic E-state index is 0.0325. The molecule has 0 saturated heterocycles. The molecule has 1 heterocycles. The number of carbonyl (C=O) groups is 1. The first-order chi connectivity index (χ1) is 6.27. The molecule has 0 unspecified atom stereocenters. The van der Waals surface area contributed by atoms with E-state index in [0.29, 0.717) is 11.5 Å². The summed E-state index contributed by atoms with van der Waals surface area (Å²) in [5, 5.41) is 9.84. The lowest BCUT2D eigenvalue weighted by molar-refractivity contribution is -0.122. The third-order valence-electron chi connectivity index (χ3n) is 2.37. The van der Waals surface area contributed by atoms with Crippen LogP contribution in [0.25, 0.3) is 0 Å². The Morgan fingerprint density at radius 2 is 2.31 bits per heavy atom. The zero-order chi connectivity index (χ0) is 9.26. The zero-order valence-corrected chi connectivity index (χ0v) is 7.41. The van der Waals surface area contributed by atoms with Crippen molar-refractivity contribution in [3.05, 3.63) is 5.69 Å². The summed E-state index contributed by atoms with van der Waals surface area (Å²) < 4.78 is 4.46. The van der Waals surface area contributed by atoms with Crippen molar-refractivity contribution in [1.82, 2.24) is 10.3 Å². The van der Waals surface area contributed by atoms with Crippen molar-refractivity contribution < 1.29 is 9.42 Å². The van der Waals surface area contributed by atoms with E-state index >= 15 is 0 Å². The highest BCUT2D eigenvalue weighted by atomic mass is 16.6. The molecular weight excluding hydrogens is 170 g/mol. The number of amides is 1. The minimum atomic E-state index is 0.0325. The van der Waals surface area contributed by atoms with Gasteiger partial charge in [0.25, 0.3) is 0 Å². The second kappa shape index (κ2) is 3.16. The van der Waals surface area contributed by atoms with E-state index in [0.717, 1.165) is 19.3 Å². The van der Waals surface area contributed by atoms with Gasteiger partial charge < -0.3 is 5.32 Å². The van der Waals surface area contributed by atoms with Crippen molar-refractivity contribution in [3.63, 3.8) is 0 Å².